The average Bonchev–Trinajstić information content (AvgIpc) is 2.72. The molecule has 0 radical (unpaired) electrons. The van der Waals surface area contributed by atoms with Gasteiger partial charge in [0.05, 0.1) is 6.61 Å². The van der Waals surface area contributed by atoms with Crippen LogP contribution >= 0.6 is 0 Å². The Labute approximate surface area is 115 Å². The maximum atomic E-state index is 12.2. The summed E-state index contributed by atoms with van der Waals surface area (Å²) < 4.78 is 10.8. The van der Waals surface area contributed by atoms with Gasteiger partial charge in [0, 0.05) is 13.2 Å². The average molecular weight is 271 g/mol. The lowest BCUT2D eigenvalue weighted by molar-refractivity contribution is -0.120. The number of aldehydes is 1. The second kappa shape index (κ2) is 6.37. The molecule has 0 aromatic rings. The highest BCUT2D eigenvalue weighted by atomic mass is 16.6. The van der Waals surface area contributed by atoms with E-state index in [2.05, 4.69) is 0 Å². The van der Waals surface area contributed by atoms with Crippen LogP contribution in [-0.2, 0) is 14.3 Å². The van der Waals surface area contributed by atoms with Gasteiger partial charge in [0.2, 0.25) is 0 Å². The molecule has 0 aromatic carbocycles. The van der Waals surface area contributed by atoms with Crippen LogP contribution in [0, 0.1) is 0 Å². The molecule has 0 N–H and O–H groups in total. The van der Waals surface area contributed by atoms with E-state index in [4.69, 9.17) is 9.47 Å². The van der Waals surface area contributed by atoms with Gasteiger partial charge in [-0.3, -0.25) is 4.90 Å². The summed E-state index contributed by atoms with van der Waals surface area (Å²) >= 11 is 0. The highest BCUT2D eigenvalue weighted by Gasteiger charge is 2.45. The summed E-state index contributed by atoms with van der Waals surface area (Å²) in [5, 5.41) is 0. The Kier molecular flexibility index (Phi) is 5.35. The molecule has 0 spiro atoms. The summed E-state index contributed by atoms with van der Waals surface area (Å²) in [4.78, 5) is 25.1. The number of hydrogen-bond donors (Lipinski definition) is 0. The fraction of sp³-hybridized carbons (Fsp3) is 0.857. The van der Waals surface area contributed by atoms with Crippen molar-refractivity contribution in [2.45, 2.75) is 58.1 Å². The van der Waals surface area contributed by atoms with Crippen molar-refractivity contribution >= 4 is 12.4 Å². The number of likely N-dealkylation sites (tertiary alicyclic amines) is 1. The third kappa shape index (κ3) is 4.20. The minimum absolute atomic E-state index is 0.254. The van der Waals surface area contributed by atoms with Crippen LogP contribution in [0.25, 0.3) is 0 Å². The normalized spacial score (nSPS) is 23.5. The SMILES string of the molecule is CCCOCC1(C=O)CCCN1C(=O)OC(C)(C)C. The van der Waals surface area contributed by atoms with Gasteiger partial charge in [0.15, 0.2) is 0 Å². The van der Waals surface area contributed by atoms with E-state index in [0.717, 1.165) is 19.1 Å². The second-order valence-corrected chi connectivity index (χ2v) is 6.01. The zero-order valence-corrected chi connectivity index (χ0v) is 12.4. The van der Waals surface area contributed by atoms with Crippen LogP contribution < -0.4 is 0 Å². The molecule has 0 bridgehead atoms. The van der Waals surface area contributed by atoms with E-state index < -0.39 is 17.2 Å². The number of rotatable bonds is 5. The fourth-order valence-corrected chi connectivity index (χ4v) is 2.19. The van der Waals surface area contributed by atoms with Gasteiger partial charge >= 0.3 is 6.09 Å². The van der Waals surface area contributed by atoms with Crippen molar-refractivity contribution in [2.75, 3.05) is 19.8 Å². The first kappa shape index (κ1) is 16.0. The monoisotopic (exact) mass is 271 g/mol. The molecule has 1 aliphatic rings. The molecule has 19 heavy (non-hydrogen) atoms. The Morgan fingerprint density at radius 3 is 2.63 bits per heavy atom. The number of carbonyl (C=O) groups is 2. The van der Waals surface area contributed by atoms with Crippen LogP contribution in [0.1, 0.15) is 47.0 Å². The summed E-state index contributed by atoms with van der Waals surface area (Å²) in [7, 11) is 0. The van der Waals surface area contributed by atoms with E-state index in [1.807, 2.05) is 27.7 Å². The van der Waals surface area contributed by atoms with Crippen LogP contribution in [0.3, 0.4) is 0 Å². The van der Waals surface area contributed by atoms with Crippen molar-refractivity contribution in [3.05, 3.63) is 0 Å². The summed E-state index contributed by atoms with van der Waals surface area (Å²) in [5.74, 6) is 0. The highest BCUT2D eigenvalue weighted by Crippen LogP contribution is 2.29. The van der Waals surface area contributed by atoms with Gasteiger partial charge in [-0.2, -0.15) is 0 Å². The summed E-state index contributed by atoms with van der Waals surface area (Å²) in [6.07, 6.45) is 2.73. The van der Waals surface area contributed by atoms with Crippen LogP contribution in [0.4, 0.5) is 4.79 Å². The molecule has 0 aromatic heterocycles. The first-order valence-electron chi connectivity index (χ1n) is 6.89. The van der Waals surface area contributed by atoms with Gasteiger partial charge in [-0.15, -0.1) is 0 Å². The predicted octanol–water partition coefficient (Wildman–Crippen LogP) is 2.38. The second-order valence-electron chi connectivity index (χ2n) is 6.01. The zero-order chi connectivity index (χ0) is 14.5. The molecular formula is C14H25NO4. The lowest BCUT2D eigenvalue weighted by atomic mass is 10.00. The van der Waals surface area contributed by atoms with Crippen LogP contribution in [0.2, 0.25) is 0 Å². The van der Waals surface area contributed by atoms with E-state index in [-0.39, 0.29) is 6.61 Å². The highest BCUT2D eigenvalue weighted by molar-refractivity contribution is 5.78. The Morgan fingerprint density at radius 2 is 2.11 bits per heavy atom. The minimum Gasteiger partial charge on any atom is -0.444 e. The van der Waals surface area contributed by atoms with E-state index in [1.165, 1.54) is 4.90 Å². The molecule has 1 heterocycles. The van der Waals surface area contributed by atoms with E-state index in [1.54, 1.807) is 0 Å². The molecule has 1 rings (SSSR count). The molecule has 0 aliphatic carbocycles. The van der Waals surface area contributed by atoms with Gasteiger partial charge in [0.1, 0.15) is 17.4 Å². The van der Waals surface area contributed by atoms with E-state index in [0.29, 0.717) is 19.6 Å². The molecule has 110 valence electrons. The maximum Gasteiger partial charge on any atom is 0.411 e. The van der Waals surface area contributed by atoms with Gasteiger partial charge < -0.3 is 14.3 Å². The molecule has 5 nitrogen and oxygen atoms in total. The molecule has 1 unspecified atom stereocenters. The Hall–Kier alpha value is -1.10. The smallest absolute Gasteiger partial charge is 0.411 e. The third-order valence-corrected chi connectivity index (χ3v) is 3.06. The Balaban J connectivity index is 2.74. The van der Waals surface area contributed by atoms with Crippen molar-refractivity contribution in [3.63, 3.8) is 0 Å². The summed E-state index contributed by atoms with van der Waals surface area (Å²) in [5.41, 5.74) is -1.41. The number of hydrogen-bond acceptors (Lipinski definition) is 4. The van der Waals surface area contributed by atoms with E-state index >= 15 is 0 Å². The fourth-order valence-electron chi connectivity index (χ4n) is 2.19. The number of nitrogens with zero attached hydrogens (tertiary/aromatic N) is 1. The van der Waals surface area contributed by atoms with Gasteiger partial charge in [-0.1, -0.05) is 6.92 Å². The van der Waals surface area contributed by atoms with Gasteiger partial charge in [-0.25, -0.2) is 4.79 Å². The third-order valence-electron chi connectivity index (χ3n) is 3.06. The van der Waals surface area contributed by atoms with Crippen molar-refractivity contribution in [1.29, 1.82) is 0 Å². The minimum atomic E-state index is -0.850. The summed E-state index contributed by atoms with van der Waals surface area (Å²) in [6.45, 7) is 8.85. The van der Waals surface area contributed by atoms with E-state index in [9.17, 15) is 9.59 Å². The molecule has 1 atom stereocenters. The Morgan fingerprint density at radius 1 is 1.42 bits per heavy atom. The van der Waals surface area contributed by atoms with Crippen molar-refractivity contribution in [3.8, 4) is 0 Å². The standard InChI is InChI=1S/C14H25NO4/c1-5-9-18-11-14(10-16)7-6-8-15(14)12(17)19-13(2,3)4/h10H,5-9,11H2,1-4H3. The van der Waals surface area contributed by atoms with Gasteiger partial charge in [-0.05, 0) is 40.0 Å². The topological polar surface area (TPSA) is 55.8 Å². The predicted molar refractivity (Wildman–Crippen MR) is 72.1 cm³/mol. The molecular weight excluding hydrogens is 246 g/mol. The molecule has 0 saturated carbocycles. The first-order chi connectivity index (χ1) is 8.84. The van der Waals surface area contributed by atoms with Crippen molar-refractivity contribution in [2.24, 2.45) is 0 Å². The molecule has 1 amide bonds. The van der Waals surface area contributed by atoms with Crippen LogP contribution in [-0.4, -0.2) is 48.2 Å². The van der Waals surface area contributed by atoms with Crippen molar-refractivity contribution in [1.82, 2.24) is 4.90 Å². The summed E-state index contributed by atoms with van der Waals surface area (Å²) in [6, 6.07) is 0. The van der Waals surface area contributed by atoms with Crippen LogP contribution in [0.5, 0.6) is 0 Å². The quantitative estimate of drug-likeness (QED) is 0.569. The number of ether oxygens (including phenoxy) is 2. The molecule has 5 heteroatoms. The lowest BCUT2D eigenvalue weighted by Crippen LogP contribution is -2.53. The van der Waals surface area contributed by atoms with Gasteiger partial charge in [0.25, 0.3) is 0 Å². The molecule has 1 fully saturated rings. The largest absolute Gasteiger partial charge is 0.444 e. The zero-order valence-electron chi connectivity index (χ0n) is 12.4. The molecule has 1 saturated heterocycles. The lowest BCUT2D eigenvalue weighted by Gasteiger charge is -2.34. The van der Waals surface area contributed by atoms with Crippen LogP contribution in [0.15, 0.2) is 0 Å². The Bertz CT molecular complexity index is 324. The first-order valence-corrected chi connectivity index (χ1v) is 6.89. The van der Waals surface area contributed by atoms with Crippen molar-refractivity contribution < 1.29 is 19.1 Å². The number of carbonyl (C=O) groups excluding carboxylic acids is 2. The number of amides is 1. The maximum absolute atomic E-state index is 12.2. The molecule has 1 aliphatic heterocycles.